The summed E-state index contributed by atoms with van der Waals surface area (Å²) >= 11 is 0. The average molecular weight is 528 g/mol. The molecule has 5 heteroatoms. The summed E-state index contributed by atoms with van der Waals surface area (Å²) in [6, 6.07) is 0. The van der Waals surface area contributed by atoms with Crippen molar-refractivity contribution < 1.29 is 19.5 Å². The number of fused-ring (bicyclic) bond motifs is 5. The molecule has 214 valence electrons. The van der Waals surface area contributed by atoms with Crippen molar-refractivity contribution in [2.24, 2.45) is 46.3 Å². The van der Waals surface area contributed by atoms with Crippen LogP contribution in [0.1, 0.15) is 124 Å². The van der Waals surface area contributed by atoms with Crippen LogP contribution in [0.15, 0.2) is 11.6 Å². The fourth-order valence-electron chi connectivity index (χ4n) is 9.67. The Balaban J connectivity index is 1.24. The number of ketones is 1. The fraction of sp³-hybridized carbons (Fsp3) is 0.848. The SMILES string of the molecule is CC(CCC[C@@H](C)[C@H]1CCC2C3CC=C4CCCC[C@]4(C)C3CC[C@@]21C)C(=O)C(=O)NCCCCC(=O)O. The highest BCUT2D eigenvalue weighted by Gasteiger charge is 2.58. The van der Waals surface area contributed by atoms with Crippen molar-refractivity contribution in [1.29, 1.82) is 0 Å². The molecule has 0 radical (unpaired) electrons. The zero-order chi connectivity index (χ0) is 27.5. The standard InChI is InChI=1S/C33H53NO4/c1-22(10-9-11-23(2)30(37)31(38)34-21-8-6-13-29(35)36)26-16-17-27-25-15-14-24-12-5-7-19-32(24,3)28(25)18-20-33(26,27)4/h14,22-23,25-28H,5-13,15-21H2,1-4H3,(H,34,38)(H,35,36)/t22-,23?,25?,26-,27?,28?,32+,33-/m1/s1. The first-order chi connectivity index (χ1) is 18.1. The summed E-state index contributed by atoms with van der Waals surface area (Å²) in [5.74, 6) is 2.13. The summed E-state index contributed by atoms with van der Waals surface area (Å²) in [5.41, 5.74) is 2.73. The van der Waals surface area contributed by atoms with Crippen molar-refractivity contribution >= 4 is 17.7 Å². The van der Waals surface area contributed by atoms with Gasteiger partial charge in [0.1, 0.15) is 0 Å². The van der Waals surface area contributed by atoms with Crippen molar-refractivity contribution in [2.75, 3.05) is 6.54 Å². The second-order valence-electron chi connectivity index (χ2n) is 14.0. The van der Waals surface area contributed by atoms with E-state index in [1.807, 2.05) is 6.92 Å². The average Bonchev–Trinajstić information content (AvgIpc) is 3.24. The summed E-state index contributed by atoms with van der Waals surface area (Å²) in [6.45, 7) is 9.91. The van der Waals surface area contributed by atoms with Gasteiger partial charge in [-0.1, -0.05) is 58.6 Å². The van der Waals surface area contributed by atoms with Crippen LogP contribution in [0.2, 0.25) is 0 Å². The first kappa shape index (κ1) is 29.3. The lowest BCUT2D eigenvalue weighted by molar-refractivity contribution is -0.140. The monoisotopic (exact) mass is 527 g/mol. The van der Waals surface area contributed by atoms with Crippen LogP contribution in [0.4, 0.5) is 0 Å². The van der Waals surface area contributed by atoms with E-state index in [1.54, 1.807) is 5.57 Å². The largest absolute Gasteiger partial charge is 0.481 e. The maximum absolute atomic E-state index is 12.5. The van der Waals surface area contributed by atoms with Gasteiger partial charge < -0.3 is 10.4 Å². The smallest absolute Gasteiger partial charge is 0.303 e. The molecule has 4 aliphatic carbocycles. The summed E-state index contributed by atoms with van der Waals surface area (Å²) in [6.07, 6.45) is 19.2. The first-order valence-electron chi connectivity index (χ1n) is 15.8. The number of hydrogen-bond donors (Lipinski definition) is 2. The predicted molar refractivity (Wildman–Crippen MR) is 151 cm³/mol. The molecule has 0 aromatic carbocycles. The molecule has 4 unspecified atom stereocenters. The highest BCUT2D eigenvalue weighted by atomic mass is 16.4. The molecule has 38 heavy (non-hydrogen) atoms. The van der Waals surface area contributed by atoms with Crippen LogP contribution in [0.5, 0.6) is 0 Å². The van der Waals surface area contributed by atoms with Crippen LogP contribution < -0.4 is 5.32 Å². The molecule has 0 saturated heterocycles. The fourth-order valence-corrected chi connectivity index (χ4v) is 9.67. The number of hydrogen-bond acceptors (Lipinski definition) is 3. The molecule has 0 heterocycles. The Bertz CT molecular complexity index is 911. The second-order valence-corrected chi connectivity index (χ2v) is 14.0. The number of carbonyl (C=O) groups is 3. The number of aliphatic carboxylic acids is 1. The lowest BCUT2D eigenvalue weighted by Crippen LogP contribution is -2.50. The van der Waals surface area contributed by atoms with Gasteiger partial charge in [-0.05, 0) is 111 Å². The van der Waals surface area contributed by atoms with Gasteiger partial charge in [0.15, 0.2) is 0 Å². The summed E-state index contributed by atoms with van der Waals surface area (Å²) in [7, 11) is 0. The molecule has 3 saturated carbocycles. The lowest BCUT2D eigenvalue weighted by Gasteiger charge is -2.58. The molecule has 4 rings (SSSR count). The van der Waals surface area contributed by atoms with E-state index in [-0.39, 0.29) is 18.1 Å². The van der Waals surface area contributed by atoms with Crippen molar-refractivity contribution in [3.05, 3.63) is 11.6 Å². The molecule has 8 atom stereocenters. The topological polar surface area (TPSA) is 83.5 Å². The van der Waals surface area contributed by atoms with Crippen molar-refractivity contribution in [2.45, 2.75) is 124 Å². The third-order valence-corrected chi connectivity index (χ3v) is 11.8. The molecule has 5 nitrogen and oxygen atoms in total. The Morgan fingerprint density at radius 3 is 2.55 bits per heavy atom. The van der Waals surface area contributed by atoms with Gasteiger partial charge in [0, 0.05) is 18.9 Å². The molecule has 3 fully saturated rings. The molecular formula is C33H53NO4. The summed E-state index contributed by atoms with van der Waals surface area (Å²) in [5, 5.41) is 11.4. The van der Waals surface area contributed by atoms with E-state index in [0.717, 1.165) is 42.9 Å². The Hall–Kier alpha value is -1.65. The highest BCUT2D eigenvalue weighted by Crippen LogP contribution is 2.67. The zero-order valence-electron chi connectivity index (χ0n) is 24.5. The Kier molecular flexibility index (Phi) is 9.46. The van der Waals surface area contributed by atoms with Gasteiger partial charge in [-0.2, -0.15) is 0 Å². The number of carboxylic acids is 1. The number of carbonyl (C=O) groups excluding carboxylic acids is 2. The molecule has 0 aliphatic heterocycles. The van der Waals surface area contributed by atoms with Crippen molar-refractivity contribution in [3.8, 4) is 0 Å². The van der Waals surface area contributed by atoms with Crippen molar-refractivity contribution in [1.82, 2.24) is 5.32 Å². The Morgan fingerprint density at radius 2 is 1.79 bits per heavy atom. The van der Waals surface area contributed by atoms with Crippen LogP contribution in [0, 0.1) is 46.3 Å². The Morgan fingerprint density at radius 1 is 1.00 bits per heavy atom. The lowest BCUT2D eigenvalue weighted by atomic mass is 9.47. The summed E-state index contributed by atoms with van der Waals surface area (Å²) < 4.78 is 0. The molecule has 0 aromatic rings. The van der Waals surface area contributed by atoms with E-state index in [4.69, 9.17) is 5.11 Å². The molecular weight excluding hydrogens is 474 g/mol. The van der Waals surface area contributed by atoms with E-state index >= 15 is 0 Å². The first-order valence-corrected chi connectivity index (χ1v) is 15.8. The number of carboxylic acid groups (broad SMARTS) is 1. The van der Waals surface area contributed by atoms with Crippen LogP contribution in [0.3, 0.4) is 0 Å². The molecule has 0 bridgehead atoms. The Labute approximate surface area is 231 Å². The van der Waals surface area contributed by atoms with Crippen LogP contribution in [-0.4, -0.2) is 29.3 Å². The quantitative estimate of drug-likeness (QED) is 0.158. The van der Waals surface area contributed by atoms with Crippen molar-refractivity contribution in [3.63, 3.8) is 0 Å². The van der Waals surface area contributed by atoms with Gasteiger partial charge in [0.25, 0.3) is 5.91 Å². The van der Waals surface area contributed by atoms with Gasteiger partial charge in [-0.3, -0.25) is 14.4 Å². The molecule has 0 spiro atoms. The predicted octanol–water partition coefficient (Wildman–Crippen LogP) is 7.34. The summed E-state index contributed by atoms with van der Waals surface area (Å²) in [4.78, 5) is 35.4. The molecule has 1 amide bonds. The number of rotatable bonds is 12. The van der Waals surface area contributed by atoms with Crippen LogP contribution in [0.25, 0.3) is 0 Å². The van der Waals surface area contributed by atoms with Gasteiger partial charge in [0.2, 0.25) is 5.78 Å². The van der Waals surface area contributed by atoms with Gasteiger partial charge in [0.05, 0.1) is 0 Å². The minimum atomic E-state index is -0.830. The molecule has 4 aliphatic rings. The third-order valence-electron chi connectivity index (χ3n) is 11.8. The number of allylic oxidation sites excluding steroid dienone is 2. The highest BCUT2D eigenvalue weighted by molar-refractivity contribution is 6.36. The van der Waals surface area contributed by atoms with Gasteiger partial charge in [-0.15, -0.1) is 0 Å². The molecule has 0 aromatic heterocycles. The normalized spacial score (nSPS) is 35.7. The number of nitrogens with one attached hydrogen (secondary N) is 1. The van der Waals surface area contributed by atoms with Crippen LogP contribution in [-0.2, 0) is 14.4 Å². The van der Waals surface area contributed by atoms with E-state index < -0.39 is 11.9 Å². The zero-order valence-corrected chi connectivity index (χ0v) is 24.5. The van der Waals surface area contributed by atoms with Gasteiger partial charge in [-0.25, -0.2) is 0 Å². The molecule has 2 N–H and O–H groups in total. The van der Waals surface area contributed by atoms with Gasteiger partial charge >= 0.3 is 5.97 Å². The van der Waals surface area contributed by atoms with E-state index in [9.17, 15) is 14.4 Å². The number of unbranched alkanes of at least 4 members (excludes halogenated alkanes) is 1. The maximum atomic E-state index is 12.5. The van der Waals surface area contributed by atoms with E-state index in [1.165, 1.54) is 57.8 Å². The number of Topliss-reactive ketones (excluding diaryl/α,β-unsaturated/α-hetero) is 1. The minimum absolute atomic E-state index is 0.0950. The minimum Gasteiger partial charge on any atom is -0.481 e. The van der Waals surface area contributed by atoms with Crippen LogP contribution >= 0.6 is 0 Å². The maximum Gasteiger partial charge on any atom is 0.303 e. The third kappa shape index (κ3) is 5.92. The van der Waals surface area contributed by atoms with E-state index in [0.29, 0.717) is 36.1 Å². The number of amides is 1. The van der Waals surface area contributed by atoms with E-state index in [2.05, 4.69) is 32.2 Å². The second kappa shape index (κ2) is 12.3.